The lowest BCUT2D eigenvalue weighted by Crippen LogP contribution is -2.38. The van der Waals surface area contributed by atoms with Crippen LogP contribution in [0.2, 0.25) is 0 Å². The van der Waals surface area contributed by atoms with Gasteiger partial charge >= 0.3 is 5.97 Å². The summed E-state index contributed by atoms with van der Waals surface area (Å²) >= 11 is 1.68. The van der Waals surface area contributed by atoms with Gasteiger partial charge in [0, 0.05) is 10.4 Å². The van der Waals surface area contributed by atoms with Gasteiger partial charge in [0.05, 0.1) is 32.5 Å². The normalized spacial score (nSPS) is 18.1. The van der Waals surface area contributed by atoms with Gasteiger partial charge in [-0.3, -0.25) is 4.79 Å². The van der Waals surface area contributed by atoms with Gasteiger partial charge < -0.3 is 29.6 Å². The zero-order valence-electron chi connectivity index (χ0n) is 23.8. The van der Waals surface area contributed by atoms with Crippen molar-refractivity contribution in [3.05, 3.63) is 63.5 Å². The van der Waals surface area contributed by atoms with Crippen LogP contribution in [0.4, 0.5) is 5.00 Å². The van der Waals surface area contributed by atoms with Crippen LogP contribution in [0.25, 0.3) is 0 Å². The maximum atomic E-state index is 13.4. The summed E-state index contributed by atoms with van der Waals surface area (Å²) in [7, 11) is 4.47. The van der Waals surface area contributed by atoms with Crippen molar-refractivity contribution < 1.29 is 28.5 Å². The van der Waals surface area contributed by atoms with E-state index in [4.69, 9.17) is 18.9 Å². The second-order valence-electron chi connectivity index (χ2n) is 10.9. The molecule has 2 aliphatic rings. The second-order valence-corrected chi connectivity index (χ2v) is 12.0. The summed E-state index contributed by atoms with van der Waals surface area (Å²) in [6, 6.07) is 10.3. The third-order valence-electron chi connectivity index (χ3n) is 8.39. The fourth-order valence-electron chi connectivity index (χ4n) is 5.58. The summed E-state index contributed by atoms with van der Waals surface area (Å²) in [6.07, 6.45) is 3.58. The largest absolute Gasteiger partial charge is 0.493 e. The lowest BCUT2D eigenvalue weighted by molar-refractivity contribution is 0.0731. The highest BCUT2D eigenvalue weighted by molar-refractivity contribution is 7.16. The van der Waals surface area contributed by atoms with Crippen LogP contribution in [-0.4, -0.2) is 33.2 Å². The van der Waals surface area contributed by atoms with E-state index in [1.54, 1.807) is 35.6 Å². The molecule has 40 heavy (non-hydrogen) atoms. The molecule has 8 nitrogen and oxygen atoms in total. The molecule has 0 saturated carbocycles. The van der Waals surface area contributed by atoms with Crippen LogP contribution in [0.3, 0.4) is 0 Å². The Morgan fingerprint density at radius 2 is 1.73 bits per heavy atom. The van der Waals surface area contributed by atoms with Crippen LogP contribution in [0.15, 0.2) is 36.4 Å². The number of hydrogen-bond donors (Lipinski definition) is 2. The number of fused-ring (bicyclic) bond motifs is 3. The third kappa shape index (κ3) is 4.98. The number of benzene rings is 2. The van der Waals surface area contributed by atoms with Gasteiger partial charge in [0.1, 0.15) is 16.9 Å². The fraction of sp³-hybridized carbons (Fsp3) is 0.419. The Morgan fingerprint density at radius 1 is 1.02 bits per heavy atom. The molecule has 1 aliphatic carbocycles. The predicted octanol–water partition coefficient (Wildman–Crippen LogP) is 6.39. The number of esters is 1. The molecular formula is C31H36N2O6S. The van der Waals surface area contributed by atoms with E-state index in [-0.39, 0.29) is 16.9 Å². The van der Waals surface area contributed by atoms with Gasteiger partial charge in [-0.1, -0.05) is 45.4 Å². The smallest absolute Gasteiger partial charge is 0.343 e. The molecule has 9 heteroatoms. The van der Waals surface area contributed by atoms with Crippen molar-refractivity contribution in [1.29, 1.82) is 0 Å². The van der Waals surface area contributed by atoms with Gasteiger partial charge in [-0.15, -0.1) is 11.3 Å². The summed E-state index contributed by atoms with van der Waals surface area (Å²) in [4.78, 5) is 27.9. The van der Waals surface area contributed by atoms with Crippen molar-refractivity contribution in [2.75, 3.05) is 26.6 Å². The maximum Gasteiger partial charge on any atom is 0.343 e. The van der Waals surface area contributed by atoms with Crippen molar-refractivity contribution in [2.24, 2.45) is 11.3 Å². The monoisotopic (exact) mass is 564 g/mol. The highest BCUT2D eigenvalue weighted by Crippen LogP contribution is 2.47. The Kier molecular flexibility index (Phi) is 7.68. The molecule has 1 aliphatic heterocycles. The van der Waals surface area contributed by atoms with E-state index in [9.17, 15) is 9.59 Å². The Bertz CT molecular complexity index is 1420. The highest BCUT2D eigenvalue weighted by Gasteiger charge is 2.38. The number of rotatable bonds is 8. The first-order valence-corrected chi connectivity index (χ1v) is 14.3. The summed E-state index contributed by atoms with van der Waals surface area (Å²) in [5.74, 6) is 1.33. The zero-order chi connectivity index (χ0) is 28.6. The van der Waals surface area contributed by atoms with Gasteiger partial charge in [-0.2, -0.15) is 0 Å². The van der Waals surface area contributed by atoms with E-state index in [0.29, 0.717) is 34.5 Å². The van der Waals surface area contributed by atoms with Crippen LogP contribution < -0.4 is 29.6 Å². The molecule has 2 atom stereocenters. The van der Waals surface area contributed by atoms with Crippen molar-refractivity contribution in [1.82, 2.24) is 5.32 Å². The van der Waals surface area contributed by atoms with Crippen LogP contribution in [-0.2, 0) is 12.8 Å². The molecule has 0 spiro atoms. The SMILES string of the molecule is CCC(C)(C)[C@@H]1CCc2c(sc3c2C(=O)N[C@H](c2ccccc2OC(=O)c2cc(OC)c(OC)c(OC)c2)N3)C1. The van der Waals surface area contributed by atoms with Gasteiger partial charge in [-0.05, 0) is 54.4 Å². The minimum absolute atomic E-state index is 0.102. The molecule has 1 amide bonds. The van der Waals surface area contributed by atoms with Crippen molar-refractivity contribution in [3.63, 3.8) is 0 Å². The highest BCUT2D eigenvalue weighted by atomic mass is 32.1. The lowest BCUT2D eigenvalue weighted by atomic mass is 9.69. The minimum Gasteiger partial charge on any atom is -0.493 e. The Hall–Kier alpha value is -3.72. The molecule has 2 N–H and O–H groups in total. The quantitative estimate of drug-likeness (QED) is 0.242. The van der Waals surface area contributed by atoms with Crippen LogP contribution in [0.5, 0.6) is 23.0 Å². The molecule has 0 bridgehead atoms. The van der Waals surface area contributed by atoms with Crippen LogP contribution >= 0.6 is 11.3 Å². The molecular weight excluding hydrogens is 528 g/mol. The van der Waals surface area contributed by atoms with E-state index >= 15 is 0 Å². The number of anilines is 1. The van der Waals surface area contributed by atoms with Gasteiger partial charge in [0.2, 0.25) is 5.75 Å². The molecule has 2 heterocycles. The van der Waals surface area contributed by atoms with E-state index in [0.717, 1.165) is 36.2 Å². The molecule has 2 aromatic carbocycles. The molecule has 3 aromatic rings. The first-order chi connectivity index (χ1) is 19.2. The van der Waals surface area contributed by atoms with Gasteiger partial charge in [-0.25, -0.2) is 4.79 Å². The van der Waals surface area contributed by atoms with Crippen molar-refractivity contribution in [2.45, 2.75) is 52.6 Å². The average Bonchev–Trinajstić information content (AvgIpc) is 3.34. The number of para-hydroxylation sites is 1. The standard InChI is InChI=1S/C31H36N2O6S/c1-7-31(2,3)18-12-13-20-24(16-18)40-29-25(20)28(34)32-27(33-29)19-10-8-9-11-21(19)39-30(35)17-14-22(36-4)26(38-6)23(15-17)37-5/h8-11,14-15,18,27,33H,7,12-13,16H2,1-6H3,(H,32,34)/t18-,27+/m1/s1. The first kappa shape index (κ1) is 27.8. The zero-order valence-corrected chi connectivity index (χ0v) is 24.6. The number of hydrogen-bond acceptors (Lipinski definition) is 8. The molecule has 0 saturated heterocycles. The summed E-state index contributed by atoms with van der Waals surface area (Å²) in [6.45, 7) is 6.93. The number of carbonyl (C=O) groups excluding carboxylic acids is 2. The molecule has 0 unspecified atom stereocenters. The second kappa shape index (κ2) is 11.0. The minimum atomic E-state index is -0.592. The number of ether oxygens (including phenoxy) is 4. The average molecular weight is 565 g/mol. The van der Waals surface area contributed by atoms with Crippen molar-refractivity contribution >= 4 is 28.2 Å². The molecule has 212 valence electrons. The number of methoxy groups -OCH3 is 3. The van der Waals surface area contributed by atoms with Crippen LogP contribution in [0.1, 0.15) is 76.5 Å². The topological polar surface area (TPSA) is 95.1 Å². The third-order valence-corrected chi connectivity index (χ3v) is 9.58. The molecule has 5 rings (SSSR count). The fourth-order valence-corrected chi connectivity index (χ4v) is 6.93. The van der Waals surface area contributed by atoms with Crippen LogP contribution in [0, 0.1) is 11.3 Å². The Labute approximate surface area is 239 Å². The van der Waals surface area contributed by atoms with E-state index in [1.165, 1.54) is 31.8 Å². The number of carbonyl (C=O) groups is 2. The number of thiophene rings is 1. The van der Waals surface area contributed by atoms with Crippen molar-refractivity contribution in [3.8, 4) is 23.0 Å². The Morgan fingerprint density at radius 3 is 2.38 bits per heavy atom. The van der Waals surface area contributed by atoms with E-state index < -0.39 is 12.1 Å². The van der Waals surface area contributed by atoms with E-state index in [2.05, 4.69) is 31.4 Å². The molecule has 0 fully saturated rings. The summed E-state index contributed by atoms with van der Waals surface area (Å²) < 4.78 is 22.0. The molecule has 1 aromatic heterocycles. The summed E-state index contributed by atoms with van der Waals surface area (Å²) in [5, 5.41) is 7.48. The van der Waals surface area contributed by atoms with E-state index in [1.807, 2.05) is 12.1 Å². The predicted molar refractivity (Wildman–Crippen MR) is 155 cm³/mol. The first-order valence-electron chi connectivity index (χ1n) is 13.5. The summed E-state index contributed by atoms with van der Waals surface area (Å²) in [5.41, 5.74) is 3.09. The molecule has 0 radical (unpaired) electrons. The number of nitrogens with one attached hydrogen (secondary N) is 2. The lowest BCUT2D eigenvalue weighted by Gasteiger charge is -2.36. The maximum absolute atomic E-state index is 13.4. The van der Waals surface area contributed by atoms with Gasteiger partial charge in [0.15, 0.2) is 11.5 Å². The number of amides is 1. The van der Waals surface area contributed by atoms with Gasteiger partial charge in [0.25, 0.3) is 5.91 Å². The Balaban J connectivity index is 1.40.